The third-order valence-corrected chi connectivity index (χ3v) is 2.17. The minimum atomic E-state index is -0.446. The van der Waals surface area contributed by atoms with Crippen molar-refractivity contribution >= 4 is 11.9 Å². The number of carbonyl (C=O) groups excluding carboxylic acids is 2. The molecule has 0 atom stereocenters. The lowest BCUT2D eigenvalue weighted by atomic mass is 10.2. The summed E-state index contributed by atoms with van der Waals surface area (Å²) in [6, 6.07) is 3.45. The van der Waals surface area contributed by atoms with Crippen molar-refractivity contribution in [3.63, 3.8) is 0 Å². The fourth-order valence-corrected chi connectivity index (χ4v) is 1.39. The maximum Gasteiger partial charge on any atom is 0.325 e. The summed E-state index contributed by atoms with van der Waals surface area (Å²) in [5.74, 6) is -0.762. The van der Waals surface area contributed by atoms with E-state index in [0.717, 1.165) is 5.69 Å². The Hall–Kier alpha value is -1.91. The van der Waals surface area contributed by atoms with E-state index in [-0.39, 0.29) is 12.5 Å². The Morgan fingerprint density at radius 3 is 2.65 bits per heavy atom. The molecular weight excluding hydrogens is 220 g/mol. The van der Waals surface area contributed by atoms with Crippen LogP contribution in [0.3, 0.4) is 0 Å². The summed E-state index contributed by atoms with van der Waals surface area (Å²) in [5.41, 5.74) is 1.97. The van der Waals surface area contributed by atoms with Crippen LogP contribution in [0.15, 0.2) is 12.1 Å². The number of pyridine rings is 1. The minimum absolute atomic E-state index is 0.125. The SMILES string of the molecule is CCOC(=O)CNC(=O)c1ccc(C)nc1C. The zero-order chi connectivity index (χ0) is 12.8. The molecule has 5 heteroatoms. The van der Waals surface area contributed by atoms with Gasteiger partial charge in [0.1, 0.15) is 6.54 Å². The van der Waals surface area contributed by atoms with Crippen molar-refractivity contribution in [1.29, 1.82) is 0 Å². The smallest absolute Gasteiger partial charge is 0.325 e. The minimum Gasteiger partial charge on any atom is -0.465 e. The predicted octanol–water partition coefficient (Wildman–Crippen LogP) is 0.991. The number of aryl methyl sites for hydroxylation is 2. The van der Waals surface area contributed by atoms with E-state index in [1.165, 1.54) is 0 Å². The molecule has 0 radical (unpaired) electrons. The third kappa shape index (κ3) is 3.86. The monoisotopic (exact) mass is 236 g/mol. The van der Waals surface area contributed by atoms with Crippen molar-refractivity contribution in [2.75, 3.05) is 13.2 Å². The number of rotatable bonds is 4. The predicted molar refractivity (Wildman–Crippen MR) is 62.7 cm³/mol. The normalized spacial score (nSPS) is 9.82. The van der Waals surface area contributed by atoms with Gasteiger partial charge in [0.25, 0.3) is 5.91 Å². The van der Waals surface area contributed by atoms with Gasteiger partial charge in [0.05, 0.1) is 17.9 Å². The molecule has 17 heavy (non-hydrogen) atoms. The second kappa shape index (κ2) is 5.98. The van der Waals surface area contributed by atoms with Gasteiger partial charge in [0.2, 0.25) is 0 Å². The van der Waals surface area contributed by atoms with Crippen LogP contribution in [0.1, 0.15) is 28.7 Å². The topological polar surface area (TPSA) is 68.3 Å². The van der Waals surface area contributed by atoms with Crippen LogP contribution in [-0.2, 0) is 9.53 Å². The van der Waals surface area contributed by atoms with Gasteiger partial charge in [-0.15, -0.1) is 0 Å². The Kier molecular flexibility index (Phi) is 4.63. The molecule has 92 valence electrons. The number of esters is 1. The summed E-state index contributed by atoms with van der Waals surface area (Å²) >= 11 is 0. The summed E-state index contributed by atoms with van der Waals surface area (Å²) in [5, 5.41) is 2.49. The van der Waals surface area contributed by atoms with Crippen molar-refractivity contribution in [3.05, 3.63) is 29.1 Å². The van der Waals surface area contributed by atoms with Gasteiger partial charge in [-0.05, 0) is 32.9 Å². The average molecular weight is 236 g/mol. The molecule has 0 fully saturated rings. The van der Waals surface area contributed by atoms with Gasteiger partial charge in [-0.1, -0.05) is 0 Å². The number of ether oxygens (including phenoxy) is 1. The number of nitrogens with zero attached hydrogens (tertiary/aromatic N) is 1. The van der Waals surface area contributed by atoms with Crippen LogP contribution in [-0.4, -0.2) is 30.0 Å². The first-order valence-electron chi connectivity index (χ1n) is 5.42. The highest BCUT2D eigenvalue weighted by Gasteiger charge is 2.11. The lowest BCUT2D eigenvalue weighted by molar-refractivity contribution is -0.141. The van der Waals surface area contributed by atoms with Crippen molar-refractivity contribution < 1.29 is 14.3 Å². The van der Waals surface area contributed by atoms with Gasteiger partial charge in [0, 0.05) is 5.69 Å². The maximum absolute atomic E-state index is 11.7. The molecule has 0 unspecified atom stereocenters. The Balaban J connectivity index is 2.61. The highest BCUT2D eigenvalue weighted by molar-refractivity contribution is 5.96. The van der Waals surface area contributed by atoms with Crippen LogP contribution in [0, 0.1) is 13.8 Å². The van der Waals surface area contributed by atoms with E-state index >= 15 is 0 Å². The highest BCUT2D eigenvalue weighted by atomic mass is 16.5. The Morgan fingerprint density at radius 1 is 1.35 bits per heavy atom. The molecule has 0 bridgehead atoms. The summed E-state index contributed by atoms with van der Waals surface area (Å²) in [6.07, 6.45) is 0. The number of hydrogen-bond donors (Lipinski definition) is 1. The van der Waals surface area contributed by atoms with Crippen LogP contribution in [0.5, 0.6) is 0 Å². The van der Waals surface area contributed by atoms with Crippen LogP contribution >= 0.6 is 0 Å². The van der Waals surface area contributed by atoms with Gasteiger partial charge < -0.3 is 10.1 Å². The molecule has 1 N–H and O–H groups in total. The zero-order valence-corrected chi connectivity index (χ0v) is 10.2. The standard InChI is InChI=1S/C12H16N2O3/c1-4-17-11(15)7-13-12(16)10-6-5-8(2)14-9(10)3/h5-6H,4,7H2,1-3H3,(H,13,16). The molecule has 1 heterocycles. The van der Waals surface area contributed by atoms with Crippen LogP contribution < -0.4 is 5.32 Å². The second-order valence-electron chi connectivity index (χ2n) is 3.57. The fraction of sp³-hybridized carbons (Fsp3) is 0.417. The lowest BCUT2D eigenvalue weighted by Gasteiger charge is -2.07. The van der Waals surface area contributed by atoms with E-state index in [1.54, 1.807) is 26.0 Å². The van der Waals surface area contributed by atoms with Crippen LogP contribution in [0.4, 0.5) is 0 Å². The molecule has 0 spiro atoms. The van der Waals surface area contributed by atoms with Gasteiger partial charge in [-0.2, -0.15) is 0 Å². The molecule has 0 aliphatic heterocycles. The van der Waals surface area contributed by atoms with E-state index in [9.17, 15) is 9.59 Å². The molecule has 1 aromatic heterocycles. The Labute approximate surface area is 100 Å². The first-order chi connectivity index (χ1) is 8.04. The number of hydrogen-bond acceptors (Lipinski definition) is 4. The number of aromatic nitrogens is 1. The van der Waals surface area contributed by atoms with Gasteiger partial charge in [-0.25, -0.2) is 0 Å². The molecule has 0 saturated carbocycles. The number of nitrogens with one attached hydrogen (secondary N) is 1. The third-order valence-electron chi connectivity index (χ3n) is 2.17. The summed E-state index contributed by atoms with van der Waals surface area (Å²) < 4.78 is 4.71. The molecule has 1 rings (SSSR count). The molecule has 0 saturated heterocycles. The number of amides is 1. The number of carbonyl (C=O) groups is 2. The van der Waals surface area contributed by atoms with Crippen LogP contribution in [0.25, 0.3) is 0 Å². The van der Waals surface area contributed by atoms with E-state index in [0.29, 0.717) is 17.9 Å². The van der Waals surface area contributed by atoms with Crippen LogP contribution in [0.2, 0.25) is 0 Å². The first-order valence-corrected chi connectivity index (χ1v) is 5.42. The van der Waals surface area contributed by atoms with E-state index in [2.05, 4.69) is 10.3 Å². The van der Waals surface area contributed by atoms with Gasteiger partial charge >= 0.3 is 5.97 Å². The van der Waals surface area contributed by atoms with Crippen molar-refractivity contribution in [2.45, 2.75) is 20.8 Å². The van der Waals surface area contributed by atoms with Crippen molar-refractivity contribution in [2.24, 2.45) is 0 Å². The average Bonchev–Trinajstić information content (AvgIpc) is 2.26. The molecule has 5 nitrogen and oxygen atoms in total. The van der Waals surface area contributed by atoms with E-state index in [4.69, 9.17) is 4.74 Å². The van der Waals surface area contributed by atoms with Crippen molar-refractivity contribution in [1.82, 2.24) is 10.3 Å². The lowest BCUT2D eigenvalue weighted by Crippen LogP contribution is -2.31. The Bertz CT molecular complexity index is 430. The van der Waals surface area contributed by atoms with Crippen molar-refractivity contribution in [3.8, 4) is 0 Å². The largest absolute Gasteiger partial charge is 0.465 e. The quantitative estimate of drug-likeness (QED) is 0.792. The summed E-state index contributed by atoms with van der Waals surface area (Å²) in [6.45, 7) is 5.51. The molecule has 1 aromatic rings. The van der Waals surface area contributed by atoms with Gasteiger partial charge in [0.15, 0.2) is 0 Å². The molecule has 1 amide bonds. The molecule has 0 aliphatic carbocycles. The molecule has 0 aliphatic rings. The Morgan fingerprint density at radius 2 is 2.06 bits per heavy atom. The van der Waals surface area contributed by atoms with E-state index < -0.39 is 5.97 Å². The molecular formula is C12H16N2O3. The van der Waals surface area contributed by atoms with E-state index in [1.807, 2.05) is 6.92 Å². The second-order valence-corrected chi connectivity index (χ2v) is 3.57. The summed E-state index contributed by atoms with van der Waals surface area (Å²) in [7, 11) is 0. The summed E-state index contributed by atoms with van der Waals surface area (Å²) in [4.78, 5) is 27.0. The zero-order valence-electron chi connectivity index (χ0n) is 10.2. The fourth-order valence-electron chi connectivity index (χ4n) is 1.39. The first kappa shape index (κ1) is 13.2. The maximum atomic E-state index is 11.7. The van der Waals surface area contributed by atoms with Gasteiger partial charge in [-0.3, -0.25) is 14.6 Å². The molecule has 0 aromatic carbocycles. The highest BCUT2D eigenvalue weighted by Crippen LogP contribution is 2.05.